The molecule has 4 nitrogen and oxygen atoms in total. The van der Waals surface area contributed by atoms with Gasteiger partial charge in [-0.05, 0) is 44.6 Å². The Bertz CT molecular complexity index is 446. The molecule has 0 amide bonds. The third-order valence-electron chi connectivity index (χ3n) is 4.35. The summed E-state index contributed by atoms with van der Waals surface area (Å²) < 4.78 is 5.73. The highest BCUT2D eigenvalue weighted by atomic mass is 16.5. The van der Waals surface area contributed by atoms with Gasteiger partial charge in [-0.25, -0.2) is 0 Å². The van der Waals surface area contributed by atoms with Gasteiger partial charge in [0.1, 0.15) is 5.75 Å². The summed E-state index contributed by atoms with van der Waals surface area (Å²) >= 11 is 0. The molecule has 21 heavy (non-hydrogen) atoms. The minimum absolute atomic E-state index is 0.691. The highest BCUT2D eigenvalue weighted by Crippen LogP contribution is 2.25. The fourth-order valence-electron chi connectivity index (χ4n) is 3.25. The monoisotopic (exact) mass is 291 g/mol. The van der Waals surface area contributed by atoms with Crippen LogP contribution < -0.4 is 10.5 Å². The maximum atomic E-state index is 5.93. The topological polar surface area (TPSA) is 41.7 Å². The van der Waals surface area contributed by atoms with Crippen molar-refractivity contribution in [2.24, 2.45) is 0 Å². The molecule has 4 heteroatoms. The summed E-state index contributed by atoms with van der Waals surface area (Å²) in [6.45, 7) is 12.7. The van der Waals surface area contributed by atoms with E-state index in [1.165, 1.54) is 12.0 Å². The molecule has 1 saturated heterocycles. The van der Waals surface area contributed by atoms with Crippen LogP contribution in [-0.4, -0.2) is 48.6 Å². The molecule has 1 aromatic rings. The predicted molar refractivity (Wildman–Crippen MR) is 88.6 cm³/mol. The smallest absolute Gasteiger partial charge is 0.123 e. The minimum Gasteiger partial charge on any atom is -0.494 e. The Morgan fingerprint density at radius 1 is 1.29 bits per heavy atom. The molecule has 2 rings (SSSR count). The van der Waals surface area contributed by atoms with Crippen molar-refractivity contribution in [1.29, 1.82) is 0 Å². The Morgan fingerprint density at radius 2 is 2.05 bits per heavy atom. The molecular formula is C17H29N3O. The predicted octanol–water partition coefficient (Wildman–Crippen LogP) is 2.58. The first-order valence-electron chi connectivity index (χ1n) is 8.15. The lowest BCUT2D eigenvalue weighted by Crippen LogP contribution is -2.37. The van der Waals surface area contributed by atoms with E-state index in [1.807, 2.05) is 19.1 Å². The number of benzene rings is 1. The second-order valence-corrected chi connectivity index (χ2v) is 5.70. The third kappa shape index (κ3) is 4.11. The van der Waals surface area contributed by atoms with Crippen LogP contribution in [0.25, 0.3) is 0 Å². The van der Waals surface area contributed by atoms with Crippen molar-refractivity contribution >= 4 is 5.69 Å². The Balaban J connectivity index is 2.01. The van der Waals surface area contributed by atoms with Crippen LogP contribution >= 0.6 is 0 Å². The van der Waals surface area contributed by atoms with Gasteiger partial charge in [0.05, 0.1) is 6.61 Å². The van der Waals surface area contributed by atoms with Crippen molar-refractivity contribution in [2.45, 2.75) is 39.8 Å². The average molecular weight is 291 g/mol. The van der Waals surface area contributed by atoms with Crippen molar-refractivity contribution in [1.82, 2.24) is 9.80 Å². The average Bonchev–Trinajstić information content (AvgIpc) is 2.92. The van der Waals surface area contributed by atoms with Crippen molar-refractivity contribution in [2.75, 3.05) is 38.5 Å². The SMILES string of the molecule is CCOc1ccc(N)cc1CN1CCC(N(CC)CC)C1. The molecular weight excluding hydrogens is 262 g/mol. The molecule has 1 unspecified atom stereocenters. The number of anilines is 1. The quantitative estimate of drug-likeness (QED) is 0.784. The van der Waals surface area contributed by atoms with Gasteiger partial charge >= 0.3 is 0 Å². The zero-order valence-corrected chi connectivity index (χ0v) is 13.6. The van der Waals surface area contributed by atoms with Crippen LogP contribution in [0.3, 0.4) is 0 Å². The fraction of sp³-hybridized carbons (Fsp3) is 0.647. The van der Waals surface area contributed by atoms with Crippen LogP contribution in [0.15, 0.2) is 18.2 Å². The van der Waals surface area contributed by atoms with E-state index in [9.17, 15) is 0 Å². The van der Waals surface area contributed by atoms with Crippen LogP contribution in [-0.2, 0) is 6.54 Å². The standard InChI is InChI=1S/C17H29N3O/c1-4-20(5-2)16-9-10-19(13-16)12-14-11-15(18)7-8-17(14)21-6-3/h7-8,11,16H,4-6,9-10,12-13,18H2,1-3H3. The van der Waals surface area contributed by atoms with E-state index < -0.39 is 0 Å². The summed E-state index contributed by atoms with van der Waals surface area (Å²) in [6.07, 6.45) is 1.26. The Labute approximate surface area is 128 Å². The lowest BCUT2D eigenvalue weighted by atomic mass is 10.1. The number of likely N-dealkylation sites (tertiary alicyclic amines) is 1. The first-order chi connectivity index (χ1) is 10.2. The second-order valence-electron chi connectivity index (χ2n) is 5.70. The van der Waals surface area contributed by atoms with Crippen LogP contribution in [0.1, 0.15) is 32.8 Å². The lowest BCUT2D eigenvalue weighted by molar-refractivity contribution is 0.208. The minimum atomic E-state index is 0.691. The van der Waals surface area contributed by atoms with Gasteiger partial charge in [0.15, 0.2) is 0 Å². The van der Waals surface area contributed by atoms with Crippen LogP contribution in [0.4, 0.5) is 5.69 Å². The highest BCUT2D eigenvalue weighted by Gasteiger charge is 2.26. The maximum absolute atomic E-state index is 5.93. The van der Waals surface area contributed by atoms with Gasteiger partial charge < -0.3 is 10.5 Å². The summed E-state index contributed by atoms with van der Waals surface area (Å²) in [5.41, 5.74) is 7.95. The summed E-state index contributed by atoms with van der Waals surface area (Å²) in [4.78, 5) is 5.07. The number of nitrogens with zero attached hydrogens (tertiary/aromatic N) is 2. The second kappa shape index (κ2) is 7.66. The molecule has 2 N–H and O–H groups in total. The molecule has 0 bridgehead atoms. The Morgan fingerprint density at radius 3 is 2.71 bits per heavy atom. The van der Waals surface area contributed by atoms with Crippen molar-refractivity contribution in [3.05, 3.63) is 23.8 Å². The molecule has 0 aromatic heterocycles. The van der Waals surface area contributed by atoms with Gasteiger partial charge in [0, 0.05) is 36.9 Å². The molecule has 1 atom stereocenters. The first-order valence-corrected chi connectivity index (χ1v) is 8.15. The van der Waals surface area contributed by atoms with Crippen LogP contribution in [0, 0.1) is 0 Å². The van der Waals surface area contributed by atoms with Crippen LogP contribution in [0.5, 0.6) is 5.75 Å². The molecule has 0 aliphatic carbocycles. The molecule has 0 radical (unpaired) electrons. The van der Waals surface area contributed by atoms with E-state index in [2.05, 4.69) is 29.7 Å². The molecule has 1 aromatic carbocycles. The zero-order valence-electron chi connectivity index (χ0n) is 13.6. The van der Waals surface area contributed by atoms with E-state index >= 15 is 0 Å². The Hall–Kier alpha value is -1.26. The summed E-state index contributed by atoms with van der Waals surface area (Å²) in [5.74, 6) is 0.970. The molecule has 0 spiro atoms. The van der Waals surface area contributed by atoms with Gasteiger partial charge in [-0.3, -0.25) is 9.80 Å². The van der Waals surface area contributed by atoms with Crippen LogP contribution in [0.2, 0.25) is 0 Å². The number of hydrogen-bond acceptors (Lipinski definition) is 4. The number of rotatable bonds is 7. The molecule has 1 fully saturated rings. The largest absolute Gasteiger partial charge is 0.494 e. The van der Waals surface area contributed by atoms with E-state index in [1.54, 1.807) is 0 Å². The lowest BCUT2D eigenvalue weighted by Gasteiger charge is -2.26. The first kappa shape index (κ1) is 16.1. The maximum Gasteiger partial charge on any atom is 0.123 e. The number of hydrogen-bond donors (Lipinski definition) is 1. The summed E-state index contributed by atoms with van der Waals surface area (Å²) in [5, 5.41) is 0. The van der Waals surface area contributed by atoms with E-state index in [4.69, 9.17) is 10.5 Å². The van der Waals surface area contributed by atoms with Crippen molar-refractivity contribution in [3.63, 3.8) is 0 Å². The highest BCUT2D eigenvalue weighted by molar-refractivity contribution is 5.47. The van der Waals surface area contributed by atoms with Gasteiger partial charge in [-0.1, -0.05) is 13.8 Å². The molecule has 0 saturated carbocycles. The number of likely N-dealkylation sites (N-methyl/N-ethyl adjacent to an activating group) is 1. The Kier molecular flexibility index (Phi) is 5.88. The van der Waals surface area contributed by atoms with Gasteiger partial charge in [-0.2, -0.15) is 0 Å². The third-order valence-corrected chi connectivity index (χ3v) is 4.35. The number of nitrogen functional groups attached to an aromatic ring is 1. The van der Waals surface area contributed by atoms with E-state index in [0.29, 0.717) is 12.6 Å². The van der Waals surface area contributed by atoms with E-state index in [-0.39, 0.29) is 0 Å². The number of nitrogens with two attached hydrogens (primary N) is 1. The normalized spacial score (nSPS) is 19.3. The van der Waals surface area contributed by atoms with Gasteiger partial charge in [-0.15, -0.1) is 0 Å². The molecule has 1 aliphatic rings. The summed E-state index contributed by atoms with van der Waals surface area (Å²) in [6, 6.07) is 6.65. The number of ether oxygens (including phenoxy) is 1. The van der Waals surface area contributed by atoms with Gasteiger partial charge in [0.2, 0.25) is 0 Å². The van der Waals surface area contributed by atoms with Crippen molar-refractivity contribution < 1.29 is 4.74 Å². The molecule has 1 heterocycles. The zero-order chi connectivity index (χ0) is 15.2. The van der Waals surface area contributed by atoms with Crippen molar-refractivity contribution in [3.8, 4) is 5.75 Å². The fourth-order valence-corrected chi connectivity index (χ4v) is 3.25. The summed E-state index contributed by atoms with van der Waals surface area (Å²) in [7, 11) is 0. The van der Waals surface area contributed by atoms with E-state index in [0.717, 1.165) is 44.2 Å². The van der Waals surface area contributed by atoms with Gasteiger partial charge in [0.25, 0.3) is 0 Å². The molecule has 1 aliphatic heterocycles. The molecule has 118 valence electrons.